The molecule has 0 amide bonds. The smallest absolute Gasteiger partial charge is 0.147 e. The molecule has 0 radical (unpaired) electrons. The number of rotatable bonds is 5. The van der Waals surface area contributed by atoms with Crippen molar-refractivity contribution in [1.29, 1.82) is 0 Å². The zero-order valence-electron chi connectivity index (χ0n) is 9.63. The van der Waals surface area contributed by atoms with E-state index in [4.69, 9.17) is 0 Å². The van der Waals surface area contributed by atoms with E-state index in [0.717, 1.165) is 5.56 Å². The third-order valence-electron chi connectivity index (χ3n) is 2.62. The third-order valence-corrected chi connectivity index (χ3v) is 3.60. The minimum absolute atomic E-state index is 0.0582. The Bertz CT molecular complexity index is 411. The standard InChI is InChI=1S/C12H18O3S/c1-10(8-9-16(2,14)15)12(13)11-6-4-3-5-7-11/h3-7,10,12-13H,8-9H2,1-2H3. The molecule has 0 aliphatic carbocycles. The van der Waals surface area contributed by atoms with Crippen LogP contribution >= 0.6 is 0 Å². The molecule has 1 aromatic rings. The van der Waals surface area contributed by atoms with E-state index in [2.05, 4.69) is 0 Å². The van der Waals surface area contributed by atoms with Crippen LogP contribution in [-0.4, -0.2) is 25.5 Å². The van der Waals surface area contributed by atoms with Crippen molar-refractivity contribution >= 4 is 9.84 Å². The van der Waals surface area contributed by atoms with Gasteiger partial charge in [-0.05, 0) is 17.9 Å². The lowest BCUT2D eigenvalue weighted by Crippen LogP contribution is -2.14. The number of aliphatic hydroxyl groups is 1. The fraction of sp³-hybridized carbons (Fsp3) is 0.500. The maximum Gasteiger partial charge on any atom is 0.147 e. The summed E-state index contributed by atoms with van der Waals surface area (Å²) < 4.78 is 22.0. The van der Waals surface area contributed by atoms with E-state index < -0.39 is 15.9 Å². The molecule has 1 aromatic carbocycles. The van der Waals surface area contributed by atoms with Crippen molar-refractivity contribution in [2.45, 2.75) is 19.4 Å². The molecule has 0 spiro atoms. The predicted octanol–water partition coefficient (Wildman–Crippen LogP) is 1.79. The minimum atomic E-state index is -2.95. The Hall–Kier alpha value is -0.870. The Morgan fingerprint density at radius 1 is 1.25 bits per heavy atom. The van der Waals surface area contributed by atoms with Crippen molar-refractivity contribution in [3.05, 3.63) is 35.9 Å². The first-order valence-electron chi connectivity index (χ1n) is 5.31. The molecule has 2 unspecified atom stereocenters. The second-order valence-corrected chi connectivity index (χ2v) is 6.51. The van der Waals surface area contributed by atoms with Crippen molar-refractivity contribution < 1.29 is 13.5 Å². The highest BCUT2D eigenvalue weighted by Crippen LogP contribution is 2.24. The molecule has 0 aromatic heterocycles. The molecule has 0 aliphatic heterocycles. The van der Waals surface area contributed by atoms with Gasteiger partial charge in [0.1, 0.15) is 9.84 Å². The first-order chi connectivity index (χ1) is 7.40. The molecular formula is C12H18O3S. The van der Waals surface area contributed by atoms with E-state index in [1.807, 2.05) is 37.3 Å². The summed E-state index contributed by atoms with van der Waals surface area (Å²) in [6, 6.07) is 9.31. The van der Waals surface area contributed by atoms with E-state index in [9.17, 15) is 13.5 Å². The van der Waals surface area contributed by atoms with E-state index in [-0.39, 0.29) is 11.7 Å². The second-order valence-electron chi connectivity index (χ2n) is 4.25. The minimum Gasteiger partial charge on any atom is -0.388 e. The van der Waals surface area contributed by atoms with Crippen LogP contribution in [0, 0.1) is 5.92 Å². The highest BCUT2D eigenvalue weighted by molar-refractivity contribution is 7.90. The highest BCUT2D eigenvalue weighted by Gasteiger charge is 2.17. The predicted molar refractivity (Wildman–Crippen MR) is 64.9 cm³/mol. The van der Waals surface area contributed by atoms with E-state index in [1.54, 1.807) is 0 Å². The van der Waals surface area contributed by atoms with Crippen molar-refractivity contribution in [3.8, 4) is 0 Å². The Morgan fingerprint density at radius 2 is 1.81 bits per heavy atom. The van der Waals surface area contributed by atoms with Crippen molar-refractivity contribution in [2.24, 2.45) is 5.92 Å². The maximum atomic E-state index is 11.0. The van der Waals surface area contributed by atoms with Crippen LogP contribution in [0.25, 0.3) is 0 Å². The summed E-state index contributed by atoms with van der Waals surface area (Å²) >= 11 is 0. The van der Waals surface area contributed by atoms with Crippen LogP contribution in [-0.2, 0) is 9.84 Å². The molecule has 2 atom stereocenters. The molecule has 0 heterocycles. The third kappa shape index (κ3) is 4.33. The van der Waals surface area contributed by atoms with Gasteiger partial charge in [-0.25, -0.2) is 8.42 Å². The number of hydrogen-bond donors (Lipinski definition) is 1. The van der Waals surface area contributed by atoms with Gasteiger partial charge in [-0.1, -0.05) is 37.3 Å². The van der Waals surface area contributed by atoms with E-state index >= 15 is 0 Å². The zero-order chi connectivity index (χ0) is 12.2. The summed E-state index contributed by atoms with van der Waals surface area (Å²) in [7, 11) is -2.95. The summed E-state index contributed by atoms with van der Waals surface area (Å²) in [4.78, 5) is 0. The zero-order valence-corrected chi connectivity index (χ0v) is 10.4. The molecule has 4 heteroatoms. The van der Waals surface area contributed by atoms with Gasteiger partial charge in [-0.3, -0.25) is 0 Å². The monoisotopic (exact) mass is 242 g/mol. The fourth-order valence-electron chi connectivity index (χ4n) is 1.54. The topological polar surface area (TPSA) is 54.4 Å². The molecular weight excluding hydrogens is 224 g/mol. The van der Waals surface area contributed by atoms with Crippen LogP contribution < -0.4 is 0 Å². The van der Waals surface area contributed by atoms with Gasteiger partial charge in [0.15, 0.2) is 0 Å². The lowest BCUT2D eigenvalue weighted by Gasteiger charge is -2.18. The molecule has 0 fully saturated rings. The summed E-state index contributed by atoms with van der Waals surface area (Å²) in [5, 5.41) is 9.99. The molecule has 1 N–H and O–H groups in total. The van der Waals surface area contributed by atoms with Gasteiger partial charge in [0.25, 0.3) is 0 Å². The Balaban J connectivity index is 2.58. The van der Waals surface area contributed by atoms with Gasteiger partial charge in [-0.2, -0.15) is 0 Å². The molecule has 0 bridgehead atoms. The molecule has 1 rings (SSSR count). The Morgan fingerprint density at radius 3 is 2.31 bits per heavy atom. The summed E-state index contributed by atoms with van der Waals surface area (Å²) in [6.07, 6.45) is 1.10. The van der Waals surface area contributed by atoms with Crippen LogP contribution in [0.4, 0.5) is 0 Å². The molecule has 0 saturated carbocycles. The van der Waals surface area contributed by atoms with E-state index in [1.165, 1.54) is 6.26 Å². The highest BCUT2D eigenvalue weighted by atomic mass is 32.2. The Kier molecular flexibility index (Phi) is 4.50. The largest absolute Gasteiger partial charge is 0.388 e. The number of sulfone groups is 1. The SMILES string of the molecule is CC(CCS(C)(=O)=O)C(O)c1ccccc1. The molecule has 0 saturated heterocycles. The number of aliphatic hydroxyl groups excluding tert-OH is 1. The quantitative estimate of drug-likeness (QED) is 0.856. The van der Waals surface area contributed by atoms with Gasteiger partial charge in [0.05, 0.1) is 11.9 Å². The Labute approximate surface area is 97.0 Å². The van der Waals surface area contributed by atoms with Crippen molar-refractivity contribution in [2.75, 3.05) is 12.0 Å². The average molecular weight is 242 g/mol. The van der Waals surface area contributed by atoms with Crippen LogP contribution in [0.3, 0.4) is 0 Å². The van der Waals surface area contributed by atoms with Gasteiger partial charge >= 0.3 is 0 Å². The van der Waals surface area contributed by atoms with Gasteiger partial charge in [0, 0.05) is 6.26 Å². The summed E-state index contributed by atoms with van der Waals surface area (Å²) in [5.74, 6) is 0.0649. The van der Waals surface area contributed by atoms with Crippen LogP contribution in [0.1, 0.15) is 25.0 Å². The number of benzene rings is 1. The fourth-order valence-corrected chi connectivity index (χ4v) is 2.34. The molecule has 3 nitrogen and oxygen atoms in total. The van der Waals surface area contributed by atoms with Crippen LogP contribution in [0.15, 0.2) is 30.3 Å². The van der Waals surface area contributed by atoms with Crippen molar-refractivity contribution in [3.63, 3.8) is 0 Å². The normalized spacial score (nSPS) is 15.7. The van der Waals surface area contributed by atoms with Crippen LogP contribution in [0.2, 0.25) is 0 Å². The lowest BCUT2D eigenvalue weighted by molar-refractivity contribution is 0.116. The average Bonchev–Trinajstić information content (AvgIpc) is 2.25. The molecule has 16 heavy (non-hydrogen) atoms. The van der Waals surface area contributed by atoms with Crippen LogP contribution in [0.5, 0.6) is 0 Å². The van der Waals surface area contributed by atoms with Gasteiger partial charge < -0.3 is 5.11 Å². The molecule has 0 aliphatic rings. The van der Waals surface area contributed by atoms with Gasteiger partial charge in [0.2, 0.25) is 0 Å². The maximum absolute atomic E-state index is 11.0. The summed E-state index contributed by atoms with van der Waals surface area (Å²) in [6.45, 7) is 1.86. The first kappa shape index (κ1) is 13.2. The lowest BCUT2D eigenvalue weighted by atomic mass is 9.95. The van der Waals surface area contributed by atoms with E-state index in [0.29, 0.717) is 6.42 Å². The second kappa shape index (κ2) is 5.46. The molecule has 90 valence electrons. The first-order valence-corrected chi connectivity index (χ1v) is 7.37. The number of hydrogen-bond acceptors (Lipinski definition) is 3. The van der Waals surface area contributed by atoms with Crippen molar-refractivity contribution in [1.82, 2.24) is 0 Å². The van der Waals surface area contributed by atoms with Gasteiger partial charge in [-0.15, -0.1) is 0 Å². The summed E-state index contributed by atoms with van der Waals surface area (Å²) in [5.41, 5.74) is 0.837.